The minimum Gasteiger partial charge on any atom is -0.454 e. The number of nitrogens with one attached hydrogen (secondary N) is 1. The maximum absolute atomic E-state index is 14.0. The largest absolute Gasteiger partial charge is 0.454 e. The van der Waals surface area contributed by atoms with Crippen molar-refractivity contribution in [3.8, 4) is 17.2 Å². The molecule has 1 amide bonds. The fourth-order valence-electron chi connectivity index (χ4n) is 4.49. The summed E-state index contributed by atoms with van der Waals surface area (Å²) in [4.78, 5) is 13.0. The summed E-state index contributed by atoms with van der Waals surface area (Å²) >= 11 is 0. The molecule has 37 heavy (non-hydrogen) atoms. The van der Waals surface area contributed by atoms with E-state index in [4.69, 9.17) is 9.84 Å². The lowest BCUT2D eigenvalue weighted by Gasteiger charge is -2.23. The molecule has 0 atom stereocenters. The molecule has 0 bridgehead atoms. The van der Waals surface area contributed by atoms with Crippen molar-refractivity contribution < 1.29 is 22.3 Å². The van der Waals surface area contributed by atoms with Crippen LogP contribution in [0.4, 0.5) is 10.1 Å². The molecule has 192 valence electrons. The van der Waals surface area contributed by atoms with E-state index in [2.05, 4.69) is 5.32 Å². The number of carbonyl (C=O) groups excluding carboxylic acids is 1. The normalized spacial score (nSPS) is 13.5. The Hall–Kier alpha value is -3.92. The van der Waals surface area contributed by atoms with Crippen molar-refractivity contribution in [2.24, 2.45) is 0 Å². The average Bonchev–Trinajstić information content (AvgIpc) is 3.65. The number of rotatable bonds is 8. The third-order valence-electron chi connectivity index (χ3n) is 6.38. The number of halogens is 1. The minimum absolute atomic E-state index is 0.109. The highest BCUT2D eigenvalue weighted by Gasteiger charge is 2.32. The van der Waals surface area contributed by atoms with Gasteiger partial charge < -0.3 is 10.1 Å². The fraction of sp³-hybridized carbons (Fsp3) is 0.259. The second-order valence-corrected chi connectivity index (χ2v) is 10.9. The van der Waals surface area contributed by atoms with Crippen LogP contribution in [0.3, 0.4) is 0 Å². The number of aromatic nitrogens is 2. The van der Waals surface area contributed by atoms with E-state index in [1.165, 1.54) is 27.4 Å². The molecule has 1 N–H and O–H groups in total. The van der Waals surface area contributed by atoms with E-state index in [0.29, 0.717) is 33.7 Å². The maximum atomic E-state index is 14.0. The first-order valence-electron chi connectivity index (χ1n) is 12.0. The molecule has 10 heteroatoms. The molecular formula is C27H27FN4O4S. The van der Waals surface area contributed by atoms with Gasteiger partial charge in [0.25, 0.3) is 5.91 Å². The molecule has 0 radical (unpaired) electrons. The first-order valence-corrected chi connectivity index (χ1v) is 13.9. The minimum atomic E-state index is -3.50. The summed E-state index contributed by atoms with van der Waals surface area (Å²) in [7, 11) is -1.95. The molecule has 8 nitrogen and oxygen atoms in total. The fourth-order valence-corrected chi connectivity index (χ4v) is 5.48. The number of hydrogen-bond acceptors (Lipinski definition) is 5. The molecule has 1 aliphatic carbocycles. The van der Waals surface area contributed by atoms with Crippen LogP contribution in [0, 0.1) is 5.82 Å². The Bertz CT molecular complexity index is 1590. The van der Waals surface area contributed by atoms with Crippen molar-refractivity contribution in [3.05, 3.63) is 77.7 Å². The van der Waals surface area contributed by atoms with Gasteiger partial charge in [-0.2, -0.15) is 5.10 Å². The number of sulfonamides is 1. The molecule has 0 aliphatic heterocycles. The molecule has 1 aromatic heterocycles. The molecule has 1 saturated carbocycles. The van der Waals surface area contributed by atoms with Crippen LogP contribution in [0.25, 0.3) is 16.6 Å². The first kappa shape index (κ1) is 24.8. The van der Waals surface area contributed by atoms with Crippen LogP contribution in [0.1, 0.15) is 41.7 Å². The second kappa shape index (κ2) is 9.51. The Kier molecular flexibility index (Phi) is 6.36. The van der Waals surface area contributed by atoms with E-state index in [-0.39, 0.29) is 24.1 Å². The highest BCUT2D eigenvalue weighted by atomic mass is 32.2. The lowest BCUT2D eigenvalue weighted by molar-refractivity contribution is 0.0957. The van der Waals surface area contributed by atoms with E-state index in [0.717, 1.165) is 18.4 Å². The summed E-state index contributed by atoms with van der Waals surface area (Å²) in [5, 5.41) is 8.02. The Morgan fingerprint density at radius 2 is 1.86 bits per heavy atom. The van der Waals surface area contributed by atoms with Gasteiger partial charge in [-0.1, -0.05) is 12.1 Å². The van der Waals surface area contributed by atoms with Crippen molar-refractivity contribution in [2.45, 2.75) is 25.7 Å². The molecule has 0 saturated heterocycles. The van der Waals surface area contributed by atoms with Crippen molar-refractivity contribution in [3.63, 3.8) is 0 Å². The van der Waals surface area contributed by atoms with Crippen LogP contribution in [0.15, 0.2) is 60.7 Å². The molecule has 3 aromatic carbocycles. The molecule has 1 fully saturated rings. The molecular weight excluding hydrogens is 495 g/mol. The number of anilines is 1. The SMILES string of the molecule is CCN(c1cc2nn(-c3ccc(Oc4ccccc4F)cc3)c(C(=O)NC)c2cc1C1CC1)S(C)(=O)=O. The Balaban J connectivity index is 1.62. The third kappa shape index (κ3) is 4.76. The van der Waals surface area contributed by atoms with E-state index in [9.17, 15) is 17.6 Å². The molecule has 0 unspecified atom stereocenters. The monoisotopic (exact) mass is 522 g/mol. The van der Waals surface area contributed by atoms with Gasteiger partial charge in [0.2, 0.25) is 10.0 Å². The van der Waals surface area contributed by atoms with Gasteiger partial charge >= 0.3 is 0 Å². The van der Waals surface area contributed by atoms with Crippen molar-refractivity contribution in [1.29, 1.82) is 0 Å². The van der Waals surface area contributed by atoms with Gasteiger partial charge in [-0.3, -0.25) is 9.10 Å². The van der Waals surface area contributed by atoms with Gasteiger partial charge in [0.1, 0.15) is 11.4 Å². The van der Waals surface area contributed by atoms with Crippen molar-refractivity contribution in [1.82, 2.24) is 15.1 Å². The Morgan fingerprint density at radius 1 is 1.16 bits per heavy atom. The topological polar surface area (TPSA) is 93.5 Å². The molecule has 1 aliphatic rings. The van der Waals surface area contributed by atoms with Gasteiger partial charge in [-0.05, 0) is 79.8 Å². The predicted octanol–water partition coefficient (Wildman–Crippen LogP) is 4.98. The van der Waals surface area contributed by atoms with E-state index < -0.39 is 15.8 Å². The lowest BCUT2D eigenvalue weighted by Crippen LogP contribution is -2.30. The molecule has 1 heterocycles. The standard InChI is InChI=1S/C27H27FN4O4S/c1-4-31(37(3,34)35)24-16-23-21(15-20(24)17-9-10-17)26(27(33)29-2)32(30-23)18-11-13-19(14-12-18)36-25-8-6-5-7-22(25)28/h5-8,11-17H,4,9-10H2,1-3H3,(H,29,33). The van der Waals surface area contributed by atoms with Gasteiger partial charge in [0.15, 0.2) is 11.6 Å². The second-order valence-electron chi connectivity index (χ2n) is 9.00. The lowest BCUT2D eigenvalue weighted by atomic mass is 10.0. The van der Waals surface area contributed by atoms with Crippen LogP contribution in [-0.2, 0) is 10.0 Å². The zero-order valence-electron chi connectivity index (χ0n) is 20.7. The molecule has 0 spiro atoms. The number of fused-ring (bicyclic) bond motifs is 1. The molecule has 5 rings (SSSR count). The Morgan fingerprint density at radius 3 is 2.46 bits per heavy atom. The highest BCUT2D eigenvalue weighted by molar-refractivity contribution is 7.92. The summed E-state index contributed by atoms with van der Waals surface area (Å²) in [6, 6.07) is 16.6. The zero-order valence-corrected chi connectivity index (χ0v) is 21.5. The van der Waals surface area contributed by atoms with Gasteiger partial charge in [0, 0.05) is 19.0 Å². The summed E-state index contributed by atoms with van der Waals surface area (Å²) in [6.07, 6.45) is 3.12. The molecule has 4 aromatic rings. The third-order valence-corrected chi connectivity index (χ3v) is 7.64. The van der Waals surface area contributed by atoms with Crippen LogP contribution in [0.5, 0.6) is 11.5 Å². The number of para-hydroxylation sites is 1. The number of benzene rings is 3. The summed E-state index contributed by atoms with van der Waals surface area (Å²) in [6.45, 7) is 2.08. The number of hydrogen-bond donors (Lipinski definition) is 1. The smallest absolute Gasteiger partial charge is 0.270 e. The van der Waals surface area contributed by atoms with Gasteiger partial charge in [-0.15, -0.1) is 0 Å². The average molecular weight is 523 g/mol. The van der Waals surface area contributed by atoms with Crippen LogP contribution in [-0.4, -0.2) is 44.0 Å². The number of amides is 1. The van der Waals surface area contributed by atoms with E-state index in [1.807, 2.05) is 6.07 Å². The van der Waals surface area contributed by atoms with Crippen LogP contribution >= 0.6 is 0 Å². The quantitative estimate of drug-likeness (QED) is 0.352. The highest BCUT2D eigenvalue weighted by Crippen LogP contribution is 2.46. The zero-order chi connectivity index (χ0) is 26.3. The summed E-state index contributed by atoms with van der Waals surface area (Å²) in [5.74, 6) is -0.0101. The maximum Gasteiger partial charge on any atom is 0.270 e. The van der Waals surface area contributed by atoms with Crippen molar-refractivity contribution >= 4 is 32.5 Å². The van der Waals surface area contributed by atoms with Gasteiger partial charge in [-0.25, -0.2) is 17.5 Å². The van der Waals surface area contributed by atoms with Crippen molar-refractivity contribution in [2.75, 3.05) is 24.2 Å². The van der Waals surface area contributed by atoms with E-state index in [1.54, 1.807) is 56.4 Å². The number of ether oxygens (including phenoxy) is 1. The predicted molar refractivity (Wildman–Crippen MR) is 141 cm³/mol. The summed E-state index contributed by atoms with van der Waals surface area (Å²) < 4.78 is 47.6. The first-order chi connectivity index (χ1) is 17.7. The number of carbonyl (C=O) groups is 1. The number of nitrogens with zero attached hydrogens (tertiary/aromatic N) is 3. The Labute approximate surface area is 214 Å². The van der Waals surface area contributed by atoms with Gasteiger partial charge in [0.05, 0.1) is 23.1 Å². The van der Waals surface area contributed by atoms with Crippen LogP contribution in [0.2, 0.25) is 0 Å². The summed E-state index contributed by atoms with van der Waals surface area (Å²) in [5.41, 5.74) is 2.95. The van der Waals surface area contributed by atoms with Crippen LogP contribution < -0.4 is 14.4 Å². The van der Waals surface area contributed by atoms with E-state index >= 15 is 0 Å².